The number of anilines is 3. The van der Waals surface area contributed by atoms with Gasteiger partial charge in [-0.2, -0.15) is 0 Å². The lowest BCUT2D eigenvalue weighted by atomic mass is 9.67. The number of fused-ring (bicyclic) bond motifs is 8. The van der Waals surface area contributed by atoms with Gasteiger partial charge < -0.3 is 9.32 Å². The molecule has 0 saturated heterocycles. The molecule has 0 saturated carbocycles. The van der Waals surface area contributed by atoms with Gasteiger partial charge in [0.1, 0.15) is 11.2 Å². The van der Waals surface area contributed by atoms with Crippen molar-refractivity contribution in [2.24, 2.45) is 0 Å². The van der Waals surface area contributed by atoms with E-state index < -0.39 is 5.41 Å². The van der Waals surface area contributed by atoms with Gasteiger partial charge in [-0.15, -0.1) is 0 Å². The highest BCUT2D eigenvalue weighted by Crippen LogP contribution is 2.61. The lowest BCUT2D eigenvalue weighted by molar-refractivity contribution is 0.403. The van der Waals surface area contributed by atoms with Crippen LogP contribution in [0.2, 0.25) is 0 Å². The molecule has 10 aromatic rings. The molecule has 2 aliphatic carbocycles. The molecule has 1 aromatic heterocycles. The summed E-state index contributed by atoms with van der Waals surface area (Å²) in [6.07, 6.45) is 1.12. The first-order valence-electron chi connectivity index (χ1n) is 22.0. The quantitative estimate of drug-likeness (QED) is 0.167. The van der Waals surface area contributed by atoms with Crippen molar-refractivity contribution in [1.29, 1.82) is 0 Å². The van der Waals surface area contributed by atoms with Gasteiger partial charge in [0.15, 0.2) is 0 Å². The molecule has 0 fully saturated rings. The van der Waals surface area contributed by atoms with Crippen molar-refractivity contribution in [1.82, 2.24) is 0 Å². The van der Waals surface area contributed by atoms with Crippen LogP contribution in [0, 0.1) is 0 Å². The molecular weight excluding hydrogens is 751 g/mol. The molecule has 2 nitrogen and oxygen atoms in total. The van der Waals surface area contributed by atoms with Crippen molar-refractivity contribution in [3.63, 3.8) is 0 Å². The molecule has 0 bridgehead atoms. The van der Waals surface area contributed by atoms with Gasteiger partial charge in [0.2, 0.25) is 0 Å². The Kier molecular flexibility index (Phi) is 7.94. The van der Waals surface area contributed by atoms with Crippen LogP contribution in [0.4, 0.5) is 17.1 Å². The predicted molar refractivity (Wildman–Crippen MR) is 259 cm³/mol. The highest BCUT2D eigenvalue weighted by atomic mass is 16.3. The van der Waals surface area contributed by atoms with Crippen LogP contribution in [-0.4, -0.2) is 0 Å². The number of hydrogen-bond acceptors (Lipinski definition) is 2. The molecule has 0 aliphatic heterocycles. The zero-order valence-electron chi connectivity index (χ0n) is 35.6. The van der Waals surface area contributed by atoms with Gasteiger partial charge in [-0.25, -0.2) is 0 Å². The second-order valence-electron chi connectivity index (χ2n) is 18.8. The van der Waals surface area contributed by atoms with Crippen LogP contribution in [0.15, 0.2) is 205 Å². The van der Waals surface area contributed by atoms with E-state index >= 15 is 0 Å². The highest BCUT2D eigenvalue weighted by Gasteiger charge is 2.50. The standard InChI is InChI=1S/C60H47NO/c1-58(2)38-59(3,4)54-37-52-50(36-53(54)58)47-31-29-44(34-51(47)60(52,42-19-7-5-8-20-42)43-21-9-6-10-22-43)61(45-30-32-49-48-24-14-16-26-56(48)62-57(49)35-45)55-25-15-13-23-46(55)41-28-27-39-17-11-12-18-40(39)33-41/h5-37H,38H2,1-4H3. The van der Waals surface area contributed by atoms with Crippen LogP contribution in [0.1, 0.15) is 67.5 Å². The maximum atomic E-state index is 6.59. The van der Waals surface area contributed by atoms with E-state index in [1.165, 1.54) is 60.8 Å². The number of rotatable bonds is 6. The molecule has 1 heterocycles. The highest BCUT2D eigenvalue weighted by molar-refractivity contribution is 6.06. The summed E-state index contributed by atoms with van der Waals surface area (Å²) in [7, 11) is 0. The van der Waals surface area contributed by atoms with Gasteiger partial charge in [0.25, 0.3) is 0 Å². The number of nitrogens with zero attached hydrogens (tertiary/aromatic N) is 1. The van der Waals surface area contributed by atoms with Crippen LogP contribution >= 0.6 is 0 Å². The second kappa shape index (κ2) is 13.4. The summed E-state index contributed by atoms with van der Waals surface area (Å²) in [5, 5.41) is 4.69. The largest absolute Gasteiger partial charge is 0.456 e. The van der Waals surface area contributed by atoms with Crippen LogP contribution in [0.25, 0.3) is 55.0 Å². The smallest absolute Gasteiger partial charge is 0.137 e. The Labute approximate surface area is 363 Å². The fourth-order valence-corrected chi connectivity index (χ4v) is 11.6. The first kappa shape index (κ1) is 36.7. The van der Waals surface area contributed by atoms with Crippen molar-refractivity contribution >= 4 is 49.8 Å². The Morgan fingerprint density at radius 1 is 0.403 bits per heavy atom. The van der Waals surface area contributed by atoms with Crippen LogP contribution in [-0.2, 0) is 16.2 Å². The van der Waals surface area contributed by atoms with Crippen molar-refractivity contribution in [3.05, 3.63) is 234 Å². The second-order valence-corrected chi connectivity index (χ2v) is 18.8. The van der Waals surface area contributed by atoms with E-state index in [2.05, 4.69) is 227 Å². The van der Waals surface area contributed by atoms with Crippen molar-refractivity contribution in [2.45, 2.75) is 50.4 Å². The molecule has 62 heavy (non-hydrogen) atoms. The van der Waals surface area contributed by atoms with E-state index in [9.17, 15) is 0 Å². The fraction of sp³-hybridized carbons (Fsp3) is 0.133. The lowest BCUT2D eigenvalue weighted by Gasteiger charge is -2.35. The van der Waals surface area contributed by atoms with Crippen LogP contribution in [0.5, 0.6) is 0 Å². The average molecular weight is 798 g/mol. The molecule has 0 spiro atoms. The maximum absolute atomic E-state index is 6.59. The molecule has 0 amide bonds. The molecule has 0 atom stereocenters. The van der Waals surface area contributed by atoms with E-state index in [4.69, 9.17) is 4.42 Å². The summed E-state index contributed by atoms with van der Waals surface area (Å²) in [5.41, 5.74) is 17.6. The molecule has 9 aromatic carbocycles. The SMILES string of the molecule is CC1(C)CC(C)(C)c2cc3c(cc21)-c1ccc(N(c2ccc4c(c2)oc2ccccc24)c2ccccc2-c2ccc4ccccc4c2)cc1C3(c1ccccc1)c1ccccc1. The van der Waals surface area contributed by atoms with Crippen LogP contribution in [0.3, 0.4) is 0 Å². The summed E-state index contributed by atoms with van der Waals surface area (Å²) in [6, 6.07) is 74.2. The normalized spacial score (nSPS) is 15.4. The minimum atomic E-state index is -0.562. The molecule has 0 N–H and O–H groups in total. The lowest BCUT2D eigenvalue weighted by Crippen LogP contribution is -2.29. The van der Waals surface area contributed by atoms with Gasteiger partial charge in [0, 0.05) is 33.8 Å². The first-order valence-corrected chi connectivity index (χ1v) is 22.0. The molecule has 298 valence electrons. The Bertz CT molecular complexity index is 3350. The average Bonchev–Trinajstić information content (AvgIpc) is 3.88. The Morgan fingerprint density at radius 2 is 1.00 bits per heavy atom. The summed E-state index contributed by atoms with van der Waals surface area (Å²) >= 11 is 0. The Balaban J connectivity index is 1.16. The van der Waals surface area contributed by atoms with E-state index in [0.717, 1.165) is 51.0 Å². The third kappa shape index (κ3) is 5.36. The van der Waals surface area contributed by atoms with Gasteiger partial charge in [-0.1, -0.05) is 173 Å². The zero-order valence-corrected chi connectivity index (χ0v) is 35.6. The number of benzene rings is 9. The topological polar surface area (TPSA) is 16.4 Å². The van der Waals surface area contributed by atoms with Gasteiger partial charge >= 0.3 is 0 Å². The molecule has 12 rings (SSSR count). The molecule has 2 heteroatoms. The van der Waals surface area contributed by atoms with Crippen molar-refractivity contribution in [3.8, 4) is 22.3 Å². The van der Waals surface area contributed by atoms with E-state index in [1.807, 2.05) is 6.07 Å². The summed E-state index contributed by atoms with van der Waals surface area (Å²) in [6.45, 7) is 9.72. The molecular formula is C60H47NO. The Hall–Kier alpha value is -7.16. The zero-order chi connectivity index (χ0) is 41.8. The molecule has 0 radical (unpaired) electrons. The minimum Gasteiger partial charge on any atom is -0.456 e. The number of para-hydroxylation sites is 2. The summed E-state index contributed by atoms with van der Waals surface area (Å²) in [5.74, 6) is 0. The number of hydrogen-bond donors (Lipinski definition) is 0. The van der Waals surface area contributed by atoms with Gasteiger partial charge in [0.05, 0.1) is 11.1 Å². The van der Waals surface area contributed by atoms with Gasteiger partial charge in [-0.05, 0) is 127 Å². The minimum absolute atomic E-state index is 0.0471. The molecule has 0 unspecified atom stereocenters. The molecule has 2 aliphatic rings. The van der Waals surface area contributed by atoms with Gasteiger partial charge in [-0.3, -0.25) is 0 Å². The number of furan rings is 1. The first-order chi connectivity index (χ1) is 30.2. The third-order valence-corrected chi connectivity index (χ3v) is 14.1. The van der Waals surface area contributed by atoms with Crippen molar-refractivity contribution in [2.75, 3.05) is 4.90 Å². The maximum Gasteiger partial charge on any atom is 0.137 e. The van der Waals surface area contributed by atoms with E-state index in [1.54, 1.807) is 0 Å². The summed E-state index contributed by atoms with van der Waals surface area (Å²) < 4.78 is 6.59. The van der Waals surface area contributed by atoms with E-state index in [0.29, 0.717) is 0 Å². The van der Waals surface area contributed by atoms with E-state index in [-0.39, 0.29) is 10.8 Å². The Morgan fingerprint density at radius 3 is 1.77 bits per heavy atom. The van der Waals surface area contributed by atoms with Crippen LogP contribution < -0.4 is 4.90 Å². The predicted octanol–water partition coefficient (Wildman–Crippen LogP) is 16.2. The summed E-state index contributed by atoms with van der Waals surface area (Å²) in [4.78, 5) is 2.45. The third-order valence-electron chi connectivity index (χ3n) is 14.1. The fourth-order valence-electron chi connectivity index (χ4n) is 11.6. The van der Waals surface area contributed by atoms with Crippen molar-refractivity contribution < 1.29 is 4.42 Å². The monoisotopic (exact) mass is 797 g/mol.